The van der Waals surface area contributed by atoms with Gasteiger partial charge in [-0.25, -0.2) is 0 Å². The van der Waals surface area contributed by atoms with E-state index < -0.39 is 11.7 Å². The minimum Gasteiger partial charge on any atom is -0.166 e. The number of alkyl halides is 3. The fourth-order valence-electron chi connectivity index (χ4n) is 1.69. The maximum Gasteiger partial charge on any atom is 0.416 e. The maximum atomic E-state index is 12.4. The highest BCUT2D eigenvalue weighted by Gasteiger charge is 2.30. The van der Waals surface area contributed by atoms with E-state index in [4.69, 9.17) is 0 Å². The summed E-state index contributed by atoms with van der Waals surface area (Å²) in [7, 11) is 0. The molecule has 1 aliphatic carbocycles. The van der Waals surface area contributed by atoms with Gasteiger partial charge in [0.15, 0.2) is 0 Å². The Hall–Kier alpha value is -0.260. The van der Waals surface area contributed by atoms with Crippen LogP contribution in [-0.4, -0.2) is 0 Å². The average Bonchev–Trinajstić information content (AvgIpc) is 2.98. The minimum absolute atomic E-state index is 0.549. The first-order valence-electron chi connectivity index (χ1n) is 5.32. The van der Waals surface area contributed by atoms with Crippen LogP contribution in [0.15, 0.2) is 18.2 Å². The molecule has 0 aliphatic heterocycles. The van der Waals surface area contributed by atoms with Gasteiger partial charge in [-0.3, -0.25) is 0 Å². The second kappa shape index (κ2) is 4.55. The van der Waals surface area contributed by atoms with Gasteiger partial charge in [0.2, 0.25) is 0 Å². The predicted octanol–water partition coefficient (Wildman–Crippen LogP) is 4.65. The van der Waals surface area contributed by atoms with Gasteiger partial charge in [-0.05, 0) is 59.0 Å². The summed E-state index contributed by atoms with van der Waals surface area (Å²) >= 11 is 1.99. The first-order valence-corrected chi connectivity index (χ1v) is 6.40. The predicted molar refractivity (Wildman–Crippen MR) is 65.2 cm³/mol. The Kier molecular flexibility index (Phi) is 3.47. The second-order valence-corrected chi connectivity index (χ2v) is 5.45. The quantitative estimate of drug-likeness (QED) is 0.703. The van der Waals surface area contributed by atoms with E-state index in [1.54, 1.807) is 6.07 Å². The number of aryl methyl sites for hydroxylation is 1. The van der Waals surface area contributed by atoms with Crippen LogP contribution in [0, 0.1) is 9.49 Å². The molecule has 0 N–H and O–H groups in total. The van der Waals surface area contributed by atoms with E-state index in [1.807, 2.05) is 22.6 Å². The van der Waals surface area contributed by atoms with Gasteiger partial charge in [-0.1, -0.05) is 18.9 Å². The van der Waals surface area contributed by atoms with Crippen molar-refractivity contribution in [2.45, 2.75) is 31.9 Å². The lowest BCUT2D eigenvalue weighted by atomic mass is 10.1. The third-order valence-electron chi connectivity index (χ3n) is 2.90. The number of rotatable bonds is 3. The molecule has 0 bridgehead atoms. The van der Waals surface area contributed by atoms with Crippen molar-refractivity contribution in [3.63, 3.8) is 0 Å². The second-order valence-electron chi connectivity index (χ2n) is 4.29. The molecule has 1 saturated carbocycles. The third kappa shape index (κ3) is 3.12. The molecule has 0 radical (unpaired) electrons. The smallest absolute Gasteiger partial charge is 0.166 e. The fourth-order valence-corrected chi connectivity index (χ4v) is 2.48. The van der Waals surface area contributed by atoms with E-state index in [2.05, 4.69) is 0 Å². The van der Waals surface area contributed by atoms with Crippen LogP contribution >= 0.6 is 22.6 Å². The van der Waals surface area contributed by atoms with Crippen LogP contribution in [0.2, 0.25) is 0 Å². The van der Waals surface area contributed by atoms with Crippen LogP contribution in [-0.2, 0) is 12.6 Å². The van der Waals surface area contributed by atoms with Gasteiger partial charge in [0, 0.05) is 3.57 Å². The molecular formula is C12H12F3I. The molecule has 0 atom stereocenters. The maximum absolute atomic E-state index is 12.4. The Morgan fingerprint density at radius 3 is 2.44 bits per heavy atom. The summed E-state index contributed by atoms with van der Waals surface area (Å²) in [6, 6.07) is 4.04. The summed E-state index contributed by atoms with van der Waals surface area (Å²) < 4.78 is 38.0. The monoisotopic (exact) mass is 340 g/mol. The van der Waals surface area contributed by atoms with Crippen LogP contribution in [0.5, 0.6) is 0 Å². The Morgan fingerprint density at radius 1 is 1.25 bits per heavy atom. The summed E-state index contributed by atoms with van der Waals surface area (Å²) in [6.45, 7) is 0. The summed E-state index contributed by atoms with van der Waals surface area (Å²) in [5, 5.41) is 0. The van der Waals surface area contributed by atoms with Crippen LogP contribution in [0.4, 0.5) is 13.2 Å². The lowest BCUT2D eigenvalue weighted by Gasteiger charge is -2.10. The highest BCUT2D eigenvalue weighted by atomic mass is 127. The van der Waals surface area contributed by atoms with Crippen molar-refractivity contribution in [2.24, 2.45) is 5.92 Å². The molecule has 2 rings (SSSR count). The Labute approximate surface area is 106 Å². The molecule has 1 aromatic carbocycles. The van der Waals surface area contributed by atoms with Crippen molar-refractivity contribution in [1.82, 2.24) is 0 Å². The molecule has 0 spiro atoms. The Bertz CT molecular complexity index is 380. The van der Waals surface area contributed by atoms with E-state index in [9.17, 15) is 13.2 Å². The molecule has 0 saturated heterocycles. The van der Waals surface area contributed by atoms with E-state index in [1.165, 1.54) is 25.0 Å². The number of benzene rings is 1. The molecule has 0 heterocycles. The van der Waals surface area contributed by atoms with E-state index in [0.717, 1.165) is 27.9 Å². The summed E-state index contributed by atoms with van der Waals surface area (Å²) in [5.74, 6) is 0.818. The van der Waals surface area contributed by atoms with Crippen molar-refractivity contribution in [2.75, 3.05) is 0 Å². The summed E-state index contributed by atoms with van der Waals surface area (Å²) in [4.78, 5) is 0. The SMILES string of the molecule is FC(F)(F)c1ccc(CCC2CC2)c(I)c1. The molecule has 0 amide bonds. The molecule has 0 unspecified atom stereocenters. The van der Waals surface area contributed by atoms with E-state index >= 15 is 0 Å². The average molecular weight is 340 g/mol. The van der Waals surface area contributed by atoms with Gasteiger partial charge in [-0.15, -0.1) is 0 Å². The normalized spacial score (nSPS) is 16.5. The molecule has 1 fully saturated rings. The number of halogens is 4. The zero-order valence-electron chi connectivity index (χ0n) is 8.65. The number of hydrogen-bond acceptors (Lipinski definition) is 0. The van der Waals surface area contributed by atoms with Crippen LogP contribution in [0.1, 0.15) is 30.4 Å². The van der Waals surface area contributed by atoms with Crippen LogP contribution in [0.3, 0.4) is 0 Å². The van der Waals surface area contributed by atoms with Gasteiger partial charge in [-0.2, -0.15) is 13.2 Å². The first kappa shape index (κ1) is 12.2. The molecule has 1 aromatic rings. The van der Waals surface area contributed by atoms with Crippen molar-refractivity contribution in [3.8, 4) is 0 Å². The molecule has 4 heteroatoms. The van der Waals surface area contributed by atoms with Crippen molar-refractivity contribution in [1.29, 1.82) is 0 Å². The highest BCUT2D eigenvalue weighted by molar-refractivity contribution is 14.1. The lowest BCUT2D eigenvalue weighted by molar-refractivity contribution is -0.137. The largest absolute Gasteiger partial charge is 0.416 e. The fraction of sp³-hybridized carbons (Fsp3) is 0.500. The summed E-state index contributed by atoms with van der Waals surface area (Å²) in [6.07, 6.45) is 0.367. The summed E-state index contributed by atoms with van der Waals surface area (Å²) in [5.41, 5.74) is 0.493. The van der Waals surface area contributed by atoms with Gasteiger partial charge in [0.25, 0.3) is 0 Å². The zero-order valence-corrected chi connectivity index (χ0v) is 10.8. The van der Waals surface area contributed by atoms with E-state index in [0.29, 0.717) is 0 Å². The molecule has 1 aliphatic rings. The van der Waals surface area contributed by atoms with Gasteiger partial charge in [0.1, 0.15) is 0 Å². The first-order chi connectivity index (χ1) is 7.47. The highest BCUT2D eigenvalue weighted by Crippen LogP contribution is 2.35. The molecule has 88 valence electrons. The zero-order chi connectivity index (χ0) is 11.8. The Balaban J connectivity index is 2.09. The molecular weight excluding hydrogens is 328 g/mol. The van der Waals surface area contributed by atoms with Gasteiger partial charge < -0.3 is 0 Å². The van der Waals surface area contributed by atoms with Crippen molar-refractivity contribution in [3.05, 3.63) is 32.9 Å². The molecule has 0 nitrogen and oxygen atoms in total. The van der Waals surface area contributed by atoms with Crippen LogP contribution in [0.25, 0.3) is 0 Å². The topological polar surface area (TPSA) is 0 Å². The number of hydrogen-bond donors (Lipinski definition) is 0. The minimum atomic E-state index is -4.23. The van der Waals surface area contributed by atoms with Crippen molar-refractivity contribution >= 4 is 22.6 Å². The Morgan fingerprint density at radius 2 is 1.94 bits per heavy atom. The van der Waals surface area contributed by atoms with Crippen molar-refractivity contribution < 1.29 is 13.2 Å². The lowest BCUT2D eigenvalue weighted by Crippen LogP contribution is -2.06. The standard InChI is InChI=1S/C12H12F3I/c13-12(14,15)10-6-5-9(11(16)7-10)4-3-8-1-2-8/h5-8H,1-4H2. The third-order valence-corrected chi connectivity index (χ3v) is 3.90. The van der Waals surface area contributed by atoms with Gasteiger partial charge in [0.05, 0.1) is 5.56 Å². The molecule has 16 heavy (non-hydrogen) atoms. The van der Waals surface area contributed by atoms with E-state index in [-0.39, 0.29) is 0 Å². The van der Waals surface area contributed by atoms with Gasteiger partial charge >= 0.3 is 6.18 Å². The molecule has 0 aromatic heterocycles. The van der Waals surface area contributed by atoms with Crippen LogP contribution < -0.4 is 0 Å².